The molecule has 0 N–H and O–H groups in total. The van der Waals surface area contributed by atoms with Crippen LogP contribution in [0.2, 0.25) is 0 Å². The monoisotopic (exact) mass is 352 g/mol. The lowest BCUT2D eigenvalue weighted by atomic mass is 9.72. The second-order valence-electron chi connectivity index (χ2n) is 6.71. The number of hydrogen-bond acceptors (Lipinski definition) is 4. The smallest absolute Gasteiger partial charge is 0.330 e. The average molecular weight is 352 g/mol. The lowest BCUT2D eigenvalue weighted by molar-refractivity contribution is -0.134. The van der Waals surface area contributed by atoms with E-state index in [1.807, 2.05) is 43.3 Å². The van der Waals surface area contributed by atoms with Crippen LogP contribution < -0.4 is 4.74 Å². The summed E-state index contributed by atoms with van der Waals surface area (Å²) >= 11 is 0. The summed E-state index contributed by atoms with van der Waals surface area (Å²) in [6.07, 6.45) is 2.33. The van der Waals surface area contributed by atoms with Crippen molar-refractivity contribution in [3.63, 3.8) is 0 Å². The van der Waals surface area contributed by atoms with E-state index in [1.165, 1.54) is 18.7 Å². The van der Waals surface area contributed by atoms with Crippen LogP contribution in [0.15, 0.2) is 48.5 Å². The third kappa shape index (κ3) is 3.37. The lowest BCUT2D eigenvalue weighted by Gasteiger charge is -2.41. The molecule has 1 unspecified atom stereocenters. The number of methoxy groups -OCH3 is 2. The molecule has 0 amide bonds. The van der Waals surface area contributed by atoms with E-state index in [4.69, 9.17) is 14.2 Å². The van der Waals surface area contributed by atoms with E-state index in [1.54, 1.807) is 7.11 Å². The summed E-state index contributed by atoms with van der Waals surface area (Å²) in [6, 6.07) is 14.1. The summed E-state index contributed by atoms with van der Waals surface area (Å²) in [5, 5.41) is 0. The number of hydrogen-bond donors (Lipinski definition) is 0. The highest BCUT2D eigenvalue weighted by Gasteiger charge is 2.42. The molecule has 4 heteroatoms. The van der Waals surface area contributed by atoms with Crippen molar-refractivity contribution in [2.45, 2.75) is 32.5 Å². The molecule has 0 bridgehead atoms. The highest BCUT2D eigenvalue weighted by molar-refractivity contribution is 5.92. The predicted octanol–water partition coefficient (Wildman–Crippen LogP) is 4.26. The maximum absolute atomic E-state index is 11.7. The predicted molar refractivity (Wildman–Crippen MR) is 101 cm³/mol. The number of esters is 1. The summed E-state index contributed by atoms with van der Waals surface area (Å²) in [5.74, 6) is 0.397. The van der Waals surface area contributed by atoms with Crippen molar-refractivity contribution in [2.24, 2.45) is 0 Å². The van der Waals surface area contributed by atoms with Gasteiger partial charge in [0.2, 0.25) is 0 Å². The van der Waals surface area contributed by atoms with E-state index in [0.29, 0.717) is 6.61 Å². The Hall–Kier alpha value is -2.59. The van der Waals surface area contributed by atoms with Crippen molar-refractivity contribution in [1.29, 1.82) is 0 Å². The van der Waals surface area contributed by atoms with E-state index >= 15 is 0 Å². The maximum Gasteiger partial charge on any atom is 0.330 e. The Morgan fingerprint density at radius 3 is 2.54 bits per heavy atom. The second kappa shape index (κ2) is 7.34. The van der Waals surface area contributed by atoms with Gasteiger partial charge in [-0.3, -0.25) is 0 Å². The molecule has 4 nitrogen and oxygen atoms in total. The van der Waals surface area contributed by atoms with Crippen LogP contribution >= 0.6 is 0 Å². The van der Waals surface area contributed by atoms with Gasteiger partial charge in [-0.15, -0.1) is 0 Å². The Kier molecular flexibility index (Phi) is 5.14. The van der Waals surface area contributed by atoms with Crippen molar-refractivity contribution in [3.8, 4) is 5.75 Å². The molecule has 1 atom stereocenters. The fourth-order valence-corrected chi connectivity index (χ4v) is 3.37. The number of carbonyl (C=O) groups excluding carboxylic acids is 1. The molecule has 0 aliphatic heterocycles. The molecular weight excluding hydrogens is 328 g/mol. The zero-order valence-corrected chi connectivity index (χ0v) is 15.7. The maximum atomic E-state index is 11.7. The highest BCUT2D eigenvalue weighted by atomic mass is 16.5. The third-order valence-electron chi connectivity index (χ3n) is 4.94. The fourth-order valence-electron chi connectivity index (χ4n) is 3.37. The minimum atomic E-state index is -0.381. The standard InChI is InChI=1S/C22H24O4/c1-15(12-19(23)24-3)18-11-10-17-13-22(2,25-4)20(17)21(18)26-14-16-8-6-5-7-9-16/h5-12H,13-14H2,1-4H3/b15-12+. The molecule has 0 saturated carbocycles. The van der Waals surface area contributed by atoms with Gasteiger partial charge in [0.25, 0.3) is 0 Å². The van der Waals surface area contributed by atoms with E-state index in [0.717, 1.165) is 34.4 Å². The minimum Gasteiger partial charge on any atom is -0.488 e. The summed E-state index contributed by atoms with van der Waals surface area (Å²) in [6.45, 7) is 4.40. The zero-order valence-electron chi connectivity index (χ0n) is 15.7. The molecule has 0 spiro atoms. The van der Waals surface area contributed by atoms with Crippen LogP contribution in [-0.4, -0.2) is 20.2 Å². The van der Waals surface area contributed by atoms with Gasteiger partial charge in [0.1, 0.15) is 12.4 Å². The van der Waals surface area contributed by atoms with Gasteiger partial charge >= 0.3 is 5.97 Å². The van der Waals surface area contributed by atoms with Crippen LogP contribution in [0.25, 0.3) is 5.57 Å². The van der Waals surface area contributed by atoms with E-state index < -0.39 is 0 Å². The summed E-state index contributed by atoms with van der Waals surface area (Å²) in [7, 11) is 3.09. The van der Waals surface area contributed by atoms with Gasteiger partial charge in [0.15, 0.2) is 0 Å². The molecule has 1 aliphatic carbocycles. The first-order chi connectivity index (χ1) is 12.5. The zero-order chi connectivity index (χ0) is 18.7. The third-order valence-corrected chi connectivity index (χ3v) is 4.94. The Morgan fingerprint density at radius 2 is 1.88 bits per heavy atom. The Labute approximate surface area is 154 Å². The lowest BCUT2D eigenvalue weighted by Crippen LogP contribution is -2.38. The number of allylic oxidation sites excluding steroid dienone is 1. The first-order valence-electron chi connectivity index (χ1n) is 8.63. The molecule has 2 aromatic rings. The summed E-state index contributed by atoms with van der Waals surface area (Å²) in [4.78, 5) is 11.7. The van der Waals surface area contributed by atoms with Crippen molar-refractivity contribution < 1.29 is 19.0 Å². The summed E-state index contributed by atoms with van der Waals surface area (Å²) in [5.41, 5.74) is 4.67. The number of fused-ring (bicyclic) bond motifs is 1. The highest BCUT2D eigenvalue weighted by Crippen LogP contribution is 2.49. The molecule has 0 heterocycles. The first kappa shape index (κ1) is 18.2. The van der Waals surface area contributed by atoms with Crippen molar-refractivity contribution >= 4 is 11.5 Å². The second-order valence-corrected chi connectivity index (χ2v) is 6.71. The normalized spacial score (nSPS) is 18.7. The van der Waals surface area contributed by atoms with Crippen LogP contribution in [0.4, 0.5) is 0 Å². The van der Waals surface area contributed by atoms with Crippen LogP contribution in [-0.2, 0) is 32.9 Å². The largest absolute Gasteiger partial charge is 0.488 e. The minimum absolute atomic E-state index is 0.372. The molecule has 1 aliphatic rings. The van der Waals surface area contributed by atoms with Gasteiger partial charge in [-0.2, -0.15) is 0 Å². The van der Waals surface area contributed by atoms with Crippen molar-refractivity contribution in [1.82, 2.24) is 0 Å². The van der Waals surface area contributed by atoms with Crippen LogP contribution in [0.1, 0.15) is 36.1 Å². The first-order valence-corrected chi connectivity index (χ1v) is 8.63. The molecule has 2 aromatic carbocycles. The van der Waals surface area contributed by atoms with Crippen LogP contribution in [0.3, 0.4) is 0 Å². The molecule has 26 heavy (non-hydrogen) atoms. The van der Waals surface area contributed by atoms with Gasteiger partial charge in [-0.25, -0.2) is 4.79 Å². The van der Waals surface area contributed by atoms with E-state index in [2.05, 4.69) is 13.0 Å². The topological polar surface area (TPSA) is 44.8 Å². The van der Waals surface area contributed by atoms with Crippen LogP contribution in [0, 0.1) is 0 Å². The quantitative estimate of drug-likeness (QED) is 0.576. The molecule has 0 aromatic heterocycles. The van der Waals surface area contributed by atoms with Gasteiger partial charge in [0.05, 0.1) is 12.7 Å². The fraction of sp³-hybridized carbons (Fsp3) is 0.318. The molecular formula is C22H24O4. The Balaban J connectivity index is 2.02. The van der Waals surface area contributed by atoms with Gasteiger partial charge in [0, 0.05) is 30.7 Å². The average Bonchev–Trinajstić information content (AvgIpc) is 2.65. The molecule has 0 saturated heterocycles. The summed E-state index contributed by atoms with van der Waals surface area (Å²) < 4.78 is 16.7. The van der Waals surface area contributed by atoms with E-state index in [9.17, 15) is 4.79 Å². The number of benzene rings is 2. The van der Waals surface area contributed by atoms with Gasteiger partial charge in [-0.05, 0) is 30.5 Å². The SMILES string of the molecule is COC(=O)/C=C(\C)c1ccc2c(c1OCc1ccccc1)C(C)(OC)C2. The Morgan fingerprint density at radius 1 is 1.15 bits per heavy atom. The molecule has 0 fully saturated rings. The number of carbonyl (C=O) groups is 1. The molecule has 0 radical (unpaired) electrons. The Bertz CT molecular complexity index is 839. The van der Waals surface area contributed by atoms with Crippen LogP contribution in [0.5, 0.6) is 5.75 Å². The van der Waals surface area contributed by atoms with Gasteiger partial charge in [-0.1, -0.05) is 42.5 Å². The number of rotatable bonds is 6. The molecule has 3 rings (SSSR count). The van der Waals surface area contributed by atoms with Crippen molar-refractivity contribution in [3.05, 3.63) is 70.8 Å². The van der Waals surface area contributed by atoms with Crippen molar-refractivity contribution in [2.75, 3.05) is 14.2 Å². The number of ether oxygens (including phenoxy) is 3. The van der Waals surface area contributed by atoms with Gasteiger partial charge < -0.3 is 14.2 Å². The van der Waals surface area contributed by atoms with E-state index in [-0.39, 0.29) is 11.6 Å². The molecule has 136 valence electrons.